The number of nitrogens with one attached hydrogen (secondary N) is 1. The van der Waals surface area contributed by atoms with E-state index in [0.717, 1.165) is 5.69 Å². The number of nitrogens with zero attached hydrogens (tertiary/aromatic N) is 1. The van der Waals surface area contributed by atoms with Crippen molar-refractivity contribution in [3.8, 4) is 0 Å². The lowest BCUT2D eigenvalue weighted by atomic mass is 10.1. The Morgan fingerprint density at radius 3 is 2.65 bits per heavy atom. The minimum atomic E-state index is 0.287. The van der Waals surface area contributed by atoms with Gasteiger partial charge in [-0.15, -0.1) is 11.8 Å². The summed E-state index contributed by atoms with van der Waals surface area (Å²) < 4.78 is 0. The van der Waals surface area contributed by atoms with Crippen molar-refractivity contribution in [2.45, 2.75) is 17.9 Å². The van der Waals surface area contributed by atoms with Gasteiger partial charge in [-0.05, 0) is 49.1 Å². The highest BCUT2D eigenvalue weighted by Crippen LogP contribution is 2.22. The van der Waals surface area contributed by atoms with E-state index >= 15 is 0 Å². The lowest BCUT2D eigenvalue weighted by Gasteiger charge is -2.15. The van der Waals surface area contributed by atoms with Crippen LogP contribution >= 0.6 is 11.8 Å². The highest BCUT2D eigenvalue weighted by Gasteiger charge is 2.04. The summed E-state index contributed by atoms with van der Waals surface area (Å²) in [4.78, 5) is 5.31. The van der Waals surface area contributed by atoms with E-state index in [9.17, 15) is 0 Å². The summed E-state index contributed by atoms with van der Waals surface area (Å²) in [6.07, 6.45) is 5.74. The highest BCUT2D eigenvalue weighted by atomic mass is 32.2. The Morgan fingerprint density at radius 1 is 1.18 bits per heavy atom. The average Bonchev–Trinajstić information content (AvgIpc) is 2.40. The zero-order valence-corrected chi connectivity index (χ0v) is 10.9. The Labute approximate surface area is 106 Å². The van der Waals surface area contributed by atoms with Gasteiger partial charge < -0.3 is 5.32 Å². The maximum absolute atomic E-state index is 4.03. The number of thioether (sulfide) groups is 1. The van der Waals surface area contributed by atoms with Gasteiger partial charge in [0.05, 0.1) is 0 Å². The van der Waals surface area contributed by atoms with E-state index < -0.39 is 0 Å². The van der Waals surface area contributed by atoms with Gasteiger partial charge in [0.1, 0.15) is 0 Å². The molecule has 2 aromatic rings. The first-order valence-electron chi connectivity index (χ1n) is 5.60. The molecule has 2 rings (SSSR count). The van der Waals surface area contributed by atoms with E-state index in [0.29, 0.717) is 0 Å². The maximum Gasteiger partial charge on any atom is 0.0486 e. The molecular weight excluding hydrogens is 228 g/mol. The number of pyridine rings is 1. The molecule has 1 aromatic carbocycles. The Morgan fingerprint density at radius 2 is 1.94 bits per heavy atom. The third-order valence-corrected chi connectivity index (χ3v) is 3.38. The summed E-state index contributed by atoms with van der Waals surface area (Å²) in [5.74, 6) is 0. The molecule has 0 saturated carbocycles. The molecule has 1 heterocycles. The molecule has 0 radical (unpaired) electrons. The molecule has 0 amide bonds. The number of rotatable bonds is 4. The first kappa shape index (κ1) is 12.0. The summed E-state index contributed by atoms with van der Waals surface area (Å²) in [5, 5.41) is 3.49. The van der Waals surface area contributed by atoms with E-state index in [2.05, 4.69) is 47.7 Å². The van der Waals surface area contributed by atoms with E-state index in [1.165, 1.54) is 10.5 Å². The van der Waals surface area contributed by atoms with E-state index in [1.807, 2.05) is 24.5 Å². The standard InChI is InChI=1S/C14H16N2S/c1-11(12-6-8-15-9-7-12)16-13-4-3-5-14(10-13)17-2/h3-11,16H,1-2H3. The van der Waals surface area contributed by atoms with Crippen LogP contribution in [-0.2, 0) is 0 Å². The molecule has 0 aliphatic heterocycles. The van der Waals surface area contributed by atoms with Gasteiger partial charge in [0.15, 0.2) is 0 Å². The molecule has 1 aromatic heterocycles. The fourth-order valence-corrected chi connectivity index (χ4v) is 2.16. The minimum absolute atomic E-state index is 0.287. The summed E-state index contributed by atoms with van der Waals surface area (Å²) in [6.45, 7) is 2.15. The smallest absolute Gasteiger partial charge is 0.0486 e. The zero-order valence-electron chi connectivity index (χ0n) is 10.1. The molecule has 3 heteroatoms. The molecule has 88 valence electrons. The molecule has 0 saturated heterocycles. The molecule has 1 unspecified atom stereocenters. The van der Waals surface area contributed by atoms with Gasteiger partial charge in [0.2, 0.25) is 0 Å². The Kier molecular flexibility index (Phi) is 4.04. The van der Waals surface area contributed by atoms with Crippen molar-refractivity contribution >= 4 is 17.4 Å². The second-order valence-electron chi connectivity index (χ2n) is 3.88. The summed E-state index contributed by atoms with van der Waals surface area (Å²) in [5.41, 5.74) is 2.40. The predicted octanol–water partition coefficient (Wildman–Crippen LogP) is 3.98. The van der Waals surface area contributed by atoms with Gasteiger partial charge in [0, 0.05) is 29.0 Å². The fraction of sp³-hybridized carbons (Fsp3) is 0.214. The largest absolute Gasteiger partial charge is 0.378 e. The number of aromatic nitrogens is 1. The van der Waals surface area contributed by atoms with Crippen molar-refractivity contribution in [1.29, 1.82) is 0 Å². The van der Waals surface area contributed by atoms with Crippen LogP contribution in [-0.4, -0.2) is 11.2 Å². The van der Waals surface area contributed by atoms with Crippen molar-refractivity contribution in [3.05, 3.63) is 54.4 Å². The normalized spacial score (nSPS) is 12.1. The molecular formula is C14H16N2S. The van der Waals surface area contributed by atoms with Crippen LogP contribution in [0.2, 0.25) is 0 Å². The van der Waals surface area contributed by atoms with Gasteiger partial charge in [0.25, 0.3) is 0 Å². The van der Waals surface area contributed by atoms with Crippen LogP contribution in [0.1, 0.15) is 18.5 Å². The number of benzene rings is 1. The molecule has 0 spiro atoms. The first-order chi connectivity index (χ1) is 8.29. The lowest BCUT2D eigenvalue weighted by molar-refractivity contribution is 0.880. The number of hydrogen-bond acceptors (Lipinski definition) is 3. The second kappa shape index (κ2) is 5.73. The second-order valence-corrected chi connectivity index (χ2v) is 4.76. The molecule has 1 atom stereocenters. The summed E-state index contributed by atoms with van der Waals surface area (Å²) >= 11 is 1.76. The van der Waals surface area contributed by atoms with Crippen molar-refractivity contribution in [2.24, 2.45) is 0 Å². The Hall–Kier alpha value is -1.48. The fourth-order valence-electron chi connectivity index (χ4n) is 1.70. The van der Waals surface area contributed by atoms with E-state index in [1.54, 1.807) is 11.8 Å². The van der Waals surface area contributed by atoms with Crippen LogP contribution in [0.25, 0.3) is 0 Å². The molecule has 0 fully saturated rings. The Bertz CT molecular complexity index is 471. The summed E-state index contributed by atoms with van der Waals surface area (Å²) in [7, 11) is 0. The van der Waals surface area contributed by atoms with Crippen LogP contribution in [0.5, 0.6) is 0 Å². The lowest BCUT2D eigenvalue weighted by Crippen LogP contribution is -2.06. The van der Waals surface area contributed by atoms with Crippen LogP contribution in [0.15, 0.2) is 53.7 Å². The molecule has 0 bridgehead atoms. The van der Waals surface area contributed by atoms with Crippen LogP contribution < -0.4 is 5.32 Å². The molecule has 0 aliphatic rings. The predicted molar refractivity (Wildman–Crippen MR) is 74.5 cm³/mol. The van der Waals surface area contributed by atoms with Gasteiger partial charge in [-0.25, -0.2) is 0 Å². The van der Waals surface area contributed by atoms with Gasteiger partial charge in [-0.2, -0.15) is 0 Å². The highest BCUT2D eigenvalue weighted by molar-refractivity contribution is 7.98. The van der Waals surface area contributed by atoms with Gasteiger partial charge in [-0.1, -0.05) is 6.07 Å². The quantitative estimate of drug-likeness (QED) is 0.824. The van der Waals surface area contributed by atoms with Crippen molar-refractivity contribution in [3.63, 3.8) is 0 Å². The van der Waals surface area contributed by atoms with Crippen LogP contribution in [0, 0.1) is 0 Å². The Balaban J connectivity index is 2.10. The van der Waals surface area contributed by atoms with Crippen molar-refractivity contribution < 1.29 is 0 Å². The third-order valence-electron chi connectivity index (χ3n) is 2.66. The molecule has 2 nitrogen and oxygen atoms in total. The molecule has 1 N–H and O–H groups in total. The monoisotopic (exact) mass is 244 g/mol. The molecule has 17 heavy (non-hydrogen) atoms. The van der Waals surface area contributed by atoms with Gasteiger partial charge in [-0.3, -0.25) is 4.98 Å². The first-order valence-corrected chi connectivity index (χ1v) is 6.82. The average molecular weight is 244 g/mol. The number of hydrogen-bond donors (Lipinski definition) is 1. The minimum Gasteiger partial charge on any atom is -0.378 e. The maximum atomic E-state index is 4.03. The third kappa shape index (κ3) is 3.24. The SMILES string of the molecule is CSc1cccc(NC(C)c2ccncc2)c1. The number of anilines is 1. The van der Waals surface area contributed by atoms with Crippen molar-refractivity contribution in [1.82, 2.24) is 4.98 Å². The summed E-state index contributed by atoms with van der Waals surface area (Å²) in [6, 6.07) is 12.8. The molecule has 0 aliphatic carbocycles. The zero-order chi connectivity index (χ0) is 12.1. The van der Waals surface area contributed by atoms with E-state index in [4.69, 9.17) is 0 Å². The van der Waals surface area contributed by atoms with Crippen LogP contribution in [0.4, 0.5) is 5.69 Å². The van der Waals surface area contributed by atoms with Gasteiger partial charge >= 0.3 is 0 Å². The van der Waals surface area contributed by atoms with Crippen LogP contribution in [0.3, 0.4) is 0 Å². The van der Waals surface area contributed by atoms with E-state index in [-0.39, 0.29) is 6.04 Å². The van der Waals surface area contributed by atoms with Crippen molar-refractivity contribution in [2.75, 3.05) is 11.6 Å². The topological polar surface area (TPSA) is 24.9 Å².